The van der Waals surface area contributed by atoms with Crippen LogP contribution >= 0.6 is 11.6 Å². The average Bonchev–Trinajstić information content (AvgIpc) is 2.51. The van der Waals surface area contributed by atoms with Crippen LogP contribution in [0.25, 0.3) is 0 Å². The molecule has 2 aromatic carbocycles. The fourth-order valence-corrected chi connectivity index (χ4v) is 15.6. The summed E-state index contributed by atoms with van der Waals surface area (Å²) in [6.45, 7) is 18.0. The van der Waals surface area contributed by atoms with Crippen molar-refractivity contribution in [2.45, 2.75) is 46.2 Å². The Kier molecular flexibility index (Phi) is 4.80. The number of halogens is 1. The number of rotatable bonds is 3. The van der Waals surface area contributed by atoms with Gasteiger partial charge in [0.25, 0.3) is 23.1 Å². The topological polar surface area (TPSA) is 15.4 Å². The molecule has 3 rings (SSSR count). The van der Waals surface area contributed by atoms with Gasteiger partial charge in [-0.3, -0.25) is 0 Å². The fourth-order valence-electron chi connectivity index (χ4n) is 4.40. The van der Waals surface area contributed by atoms with E-state index >= 15 is 0 Å². The minimum absolute atomic E-state index is 0.756. The van der Waals surface area contributed by atoms with Gasteiger partial charge in [-0.2, -0.15) is 0 Å². The molecule has 1 heterocycles. The van der Waals surface area contributed by atoms with Gasteiger partial charge in [0.15, 0.2) is 5.69 Å². The number of quaternary nitrogens is 1. The van der Waals surface area contributed by atoms with Crippen LogP contribution in [0.1, 0.15) is 5.56 Å². The van der Waals surface area contributed by atoms with E-state index < -0.39 is 16.5 Å². The Labute approximate surface area is 164 Å². The predicted molar refractivity (Wildman–Crippen MR) is 118 cm³/mol. The summed E-state index contributed by atoms with van der Waals surface area (Å²) in [5.41, 5.74) is 4.85. The summed E-state index contributed by atoms with van der Waals surface area (Å²) in [6, 6.07) is 14.9. The summed E-state index contributed by atoms with van der Waals surface area (Å²) in [6.07, 6.45) is 0. The molecule has 0 aromatic heterocycles. The number of fused-ring (bicyclic) bond motifs is 1. The number of hydrogen-bond donors (Lipinski definition) is 0. The van der Waals surface area contributed by atoms with Crippen molar-refractivity contribution in [1.29, 1.82) is 0 Å². The average molecular weight is 404 g/mol. The van der Waals surface area contributed by atoms with Gasteiger partial charge in [0.2, 0.25) is 5.69 Å². The van der Waals surface area contributed by atoms with Crippen molar-refractivity contribution in [2.75, 3.05) is 6.67 Å². The molecule has 0 bridgehead atoms. The zero-order chi connectivity index (χ0) is 19.3. The molecular weight excluding hydrogens is 374 g/mol. The number of nitrogens with zero attached hydrogens (tertiary/aromatic N) is 3. The van der Waals surface area contributed by atoms with E-state index in [0.717, 1.165) is 26.9 Å². The Hall–Kier alpha value is -1.28. The Morgan fingerprint density at radius 3 is 2.19 bits per heavy atom. The fraction of sp³-hybridized carbons (Fsp3) is 0.400. The number of azo groups is 2. The lowest BCUT2D eigenvalue weighted by molar-refractivity contribution is -0.522. The molecule has 0 radical (unpaired) electrons. The van der Waals surface area contributed by atoms with Gasteiger partial charge < -0.3 is 3.81 Å². The van der Waals surface area contributed by atoms with E-state index in [1.54, 1.807) is 0 Å². The molecule has 0 saturated carbocycles. The van der Waals surface area contributed by atoms with Crippen LogP contribution in [-0.2, 0) is 0 Å². The first-order valence-corrected chi connectivity index (χ1v) is 16.5. The van der Waals surface area contributed by atoms with Gasteiger partial charge in [-0.25, -0.2) is 0 Å². The van der Waals surface area contributed by atoms with Crippen LogP contribution < -0.4 is 3.81 Å². The van der Waals surface area contributed by atoms with E-state index in [1.807, 2.05) is 18.2 Å². The molecular formula is C20H30ClN3Si2+2. The van der Waals surface area contributed by atoms with Crippen molar-refractivity contribution in [3.8, 4) is 0 Å². The van der Waals surface area contributed by atoms with Crippen molar-refractivity contribution in [3.63, 3.8) is 0 Å². The Bertz CT molecular complexity index is 865. The van der Waals surface area contributed by atoms with Crippen molar-refractivity contribution in [2.24, 2.45) is 5.11 Å². The highest BCUT2D eigenvalue weighted by Crippen LogP contribution is 2.47. The van der Waals surface area contributed by atoms with Crippen molar-refractivity contribution < 1.29 is 4.70 Å². The predicted octanol–water partition coefficient (Wildman–Crippen LogP) is 7.02. The molecule has 0 N–H and O–H groups in total. The summed E-state index contributed by atoms with van der Waals surface area (Å²) in [4.78, 5) is 0. The van der Waals surface area contributed by atoms with Crippen LogP contribution in [0.4, 0.5) is 17.1 Å². The molecule has 0 spiro atoms. The molecule has 6 heteroatoms. The molecule has 3 nitrogen and oxygen atoms in total. The molecule has 2 aromatic rings. The second-order valence-corrected chi connectivity index (χ2v) is 20.4. The first-order valence-electron chi connectivity index (χ1n) is 9.20. The van der Waals surface area contributed by atoms with Crippen LogP contribution in [0.2, 0.25) is 44.3 Å². The maximum Gasteiger partial charge on any atom is 0.276 e. The Morgan fingerprint density at radius 2 is 1.62 bits per heavy atom. The van der Waals surface area contributed by atoms with Gasteiger partial charge in [0.1, 0.15) is 5.69 Å². The normalized spacial score (nSPS) is 16.8. The van der Waals surface area contributed by atoms with Crippen LogP contribution in [-0.4, -0.2) is 27.8 Å². The van der Waals surface area contributed by atoms with Gasteiger partial charge in [0, 0.05) is 22.3 Å². The summed E-state index contributed by atoms with van der Waals surface area (Å²) in [5, 5.41) is 5.80. The molecule has 26 heavy (non-hydrogen) atoms. The van der Waals surface area contributed by atoms with Gasteiger partial charge >= 0.3 is 0 Å². The Balaban J connectivity index is 2.33. The lowest BCUT2D eigenvalue weighted by Gasteiger charge is -2.54. The number of benzene rings is 2. The summed E-state index contributed by atoms with van der Waals surface area (Å²) < 4.78 is 3.27. The molecule has 0 fully saturated rings. The van der Waals surface area contributed by atoms with Crippen molar-refractivity contribution in [3.05, 3.63) is 53.1 Å². The zero-order valence-electron chi connectivity index (χ0n) is 17.0. The third-order valence-electron chi connectivity index (χ3n) is 5.51. The lowest BCUT2D eigenvalue weighted by Crippen LogP contribution is -2.78. The van der Waals surface area contributed by atoms with E-state index in [1.165, 1.54) is 11.3 Å². The monoisotopic (exact) mass is 403 g/mol. The van der Waals surface area contributed by atoms with Crippen LogP contribution in [0, 0.1) is 6.92 Å². The van der Waals surface area contributed by atoms with Crippen molar-refractivity contribution >= 4 is 45.1 Å². The number of aryl methyl sites for hydroxylation is 1. The minimum Gasteiger partial charge on any atom is -0.352 e. The Morgan fingerprint density at radius 1 is 0.962 bits per heavy atom. The second kappa shape index (κ2) is 6.41. The first kappa shape index (κ1) is 19.5. The maximum atomic E-state index is 6.28. The summed E-state index contributed by atoms with van der Waals surface area (Å²) >= 11 is 6.28. The summed E-state index contributed by atoms with van der Waals surface area (Å²) in [7, 11) is -3.27. The second-order valence-electron chi connectivity index (χ2n) is 9.26. The highest BCUT2D eigenvalue weighted by Gasteiger charge is 2.59. The highest BCUT2D eigenvalue weighted by atomic mass is 35.5. The van der Waals surface area contributed by atoms with Crippen molar-refractivity contribution in [1.82, 2.24) is 3.81 Å². The van der Waals surface area contributed by atoms with Crippen LogP contribution in [0.15, 0.2) is 47.6 Å². The first-order chi connectivity index (χ1) is 12.0. The van der Waals surface area contributed by atoms with E-state index in [-0.39, 0.29) is 0 Å². The molecule has 138 valence electrons. The van der Waals surface area contributed by atoms with Gasteiger partial charge in [0.05, 0.1) is 0 Å². The minimum atomic E-state index is -1.63. The van der Waals surface area contributed by atoms with Gasteiger partial charge in [-0.05, 0) is 74.7 Å². The van der Waals surface area contributed by atoms with E-state index in [4.69, 9.17) is 16.7 Å². The van der Waals surface area contributed by atoms with E-state index in [2.05, 4.69) is 75.2 Å². The standard InChI is InChI=1S/C20H30ClN3Si2/c1-16-11-12-20-19(13-16)22-23(18-10-8-9-17(21)14-18)15-24(20,25(2,3)4)26(5,6)7/h8-14H,15H2,1-7H3/q+2. The molecule has 0 aliphatic carbocycles. The highest BCUT2D eigenvalue weighted by molar-refractivity contribution is 6.95. The maximum absolute atomic E-state index is 6.28. The van der Waals surface area contributed by atoms with Gasteiger partial charge in [-0.15, -0.1) is 0 Å². The summed E-state index contributed by atoms with van der Waals surface area (Å²) in [5.74, 6) is 0. The molecule has 0 saturated heterocycles. The molecule has 0 atom stereocenters. The van der Waals surface area contributed by atoms with Gasteiger partial charge in [-0.1, -0.05) is 23.7 Å². The number of hydrogen-bond acceptors (Lipinski definition) is 1. The third-order valence-corrected chi connectivity index (χ3v) is 15.1. The van der Waals surface area contributed by atoms with Crippen LogP contribution in [0.3, 0.4) is 0 Å². The van der Waals surface area contributed by atoms with E-state index in [0.29, 0.717) is 0 Å². The molecule has 1 aliphatic rings. The van der Waals surface area contributed by atoms with Crippen LogP contribution in [0.5, 0.6) is 0 Å². The SMILES string of the molecule is Cc1ccc2c(c1)N=[N+](c1cccc(Cl)c1)C[N+]2([Si](C)(C)C)[Si](C)(C)C. The molecule has 0 unspecified atom stereocenters. The smallest absolute Gasteiger partial charge is 0.276 e. The van der Waals surface area contributed by atoms with E-state index in [9.17, 15) is 0 Å². The zero-order valence-corrected chi connectivity index (χ0v) is 19.7. The third kappa shape index (κ3) is 3.11. The molecule has 0 amide bonds. The lowest BCUT2D eigenvalue weighted by atomic mass is 10.2. The largest absolute Gasteiger partial charge is 0.352 e. The molecule has 1 aliphatic heterocycles. The quantitative estimate of drug-likeness (QED) is 0.386.